The van der Waals surface area contributed by atoms with Gasteiger partial charge in [0.05, 0.1) is 0 Å². The van der Waals surface area contributed by atoms with Gasteiger partial charge < -0.3 is 8.83 Å². The van der Waals surface area contributed by atoms with E-state index in [1.54, 1.807) is 0 Å². The van der Waals surface area contributed by atoms with Gasteiger partial charge in [0.15, 0.2) is 0 Å². The van der Waals surface area contributed by atoms with E-state index in [-0.39, 0.29) is 10.8 Å². The molecule has 6 heteroatoms. The van der Waals surface area contributed by atoms with Gasteiger partial charge in [0.1, 0.15) is 0 Å². The Balaban J connectivity index is 1.95. The predicted octanol–water partition coefficient (Wildman–Crippen LogP) is 4.38. The normalized spacial score (nSPS) is 12.6. The van der Waals surface area contributed by atoms with Crippen LogP contribution in [-0.2, 0) is 10.8 Å². The van der Waals surface area contributed by atoms with Crippen LogP contribution in [0.25, 0.3) is 22.9 Å². The molecule has 3 aromatic rings. The van der Waals surface area contributed by atoms with Crippen LogP contribution in [0, 0.1) is 0 Å². The standard InChI is InChI=1S/C18H22N4O2/c1-17(2,3)15-21-19-13(23-15)11-8-7-9-12(10-11)14-20-22-16(24-14)18(4,5)6/h7-10H,1-6H3. The van der Waals surface area contributed by atoms with E-state index < -0.39 is 0 Å². The molecule has 24 heavy (non-hydrogen) atoms. The fourth-order valence-corrected chi connectivity index (χ4v) is 2.07. The molecule has 0 saturated heterocycles. The van der Waals surface area contributed by atoms with Gasteiger partial charge in [-0.3, -0.25) is 0 Å². The van der Waals surface area contributed by atoms with Crippen LogP contribution >= 0.6 is 0 Å². The van der Waals surface area contributed by atoms with Gasteiger partial charge in [0.25, 0.3) is 0 Å². The van der Waals surface area contributed by atoms with Crippen LogP contribution in [0.15, 0.2) is 33.1 Å². The van der Waals surface area contributed by atoms with Gasteiger partial charge >= 0.3 is 0 Å². The van der Waals surface area contributed by atoms with Gasteiger partial charge in [0.2, 0.25) is 23.6 Å². The quantitative estimate of drug-likeness (QED) is 0.695. The van der Waals surface area contributed by atoms with Gasteiger partial charge in [0, 0.05) is 22.0 Å². The molecule has 2 heterocycles. The number of benzene rings is 1. The average molecular weight is 326 g/mol. The molecule has 0 aliphatic carbocycles. The largest absolute Gasteiger partial charge is 0.420 e. The van der Waals surface area contributed by atoms with Crippen molar-refractivity contribution in [2.75, 3.05) is 0 Å². The lowest BCUT2D eigenvalue weighted by Gasteiger charge is -2.11. The molecule has 0 aliphatic heterocycles. The third-order valence-electron chi connectivity index (χ3n) is 3.49. The molecule has 2 aromatic heterocycles. The summed E-state index contributed by atoms with van der Waals surface area (Å²) in [6, 6.07) is 7.67. The molecule has 3 rings (SSSR count). The fraction of sp³-hybridized carbons (Fsp3) is 0.444. The third-order valence-corrected chi connectivity index (χ3v) is 3.49. The van der Waals surface area contributed by atoms with E-state index in [0.29, 0.717) is 23.6 Å². The van der Waals surface area contributed by atoms with E-state index in [1.807, 2.05) is 65.8 Å². The molecular weight excluding hydrogens is 304 g/mol. The van der Waals surface area contributed by atoms with Crippen molar-refractivity contribution in [2.45, 2.75) is 52.4 Å². The van der Waals surface area contributed by atoms with Crippen molar-refractivity contribution in [3.05, 3.63) is 36.0 Å². The summed E-state index contributed by atoms with van der Waals surface area (Å²) in [7, 11) is 0. The van der Waals surface area contributed by atoms with Crippen molar-refractivity contribution in [3.8, 4) is 22.9 Å². The number of hydrogen-bond donors (Lipinski definition) is 0. The van der Waals surface area contributed by atoms with Crippen molar-refractivity contribution in [1.29, 1.82) is 0 Å². The summed E-state index contributed by atoms with van der Waals surface area (Å²) in [5.74, 6) is 2.18. The molecule has 0 aliphatic rings. The number of rotatable bonds is 2. The average Bonchev–Trinajstić information content (AvgIpc) is 3.16. The molecule has 1 aromatic carbocycles. The highest BCUT2D eigenvalue weighted by Crippen LogP contribution is 2.29. The monoisotopic (exact) mass is 326 g/mol. The van der Waals surface area contributed by atoms with E-state index in [4.69, 9.17) is 8.83 Å². The van der Waals surface area contributed by atoms with Crippen molar-refractivity contribution < 1.29 is 8.83 Å². The lowest BCUT2D eigenvalue weighted by molar-refractivity contribution is 0.398. The first kappa shape index (κ1) is 16.4. The molecule has 0 radical (unpaired) electrons. The van der Waals surface area contributed by atoms with Crippen molar-refractivity contribution in [2.24, 2.45) is 0 Å². The molecule has 6 nitrogen and oxygen atoms in total. The molecule has 0 bridgehead atoms. The van der Waals surface area contributed by atoms with Gasteiger partial charge in [-0.25, -0.2) is 0 Å². The first-order valence-corrected chi connectivity index (χ1v) is 7.93. The predicted molar refractivity (Wildman–Crippen MR) is 90.4 cm³/mol. The summed E-state index contributed by atoms with van der Waals surface area (Å²) in [5, 5.41) is 16.6. The zero-order valence-electron chi connectivity index (χ0n) is 14.9. The Morgan fingerprint density at radius 2 is 1.08 bits per heavy atom. The van der Waals surface area contributed by atoms with Crippen LogP contribution in [0.3, 0.4) is 0 Å². The van der Waals surface area contributed by atoms with Crippen LogP contribution in [0.2, 0.25) is 0 Å². The summed E-state index contributed by atoms with van der Waals surface area (Å²) in [4.78, 5) is 0. The molecule has 0 atom stereocenters. The molecule has 0 amide bonds. The van der Waals surface area contributed by atoms with Gasteiger partial charge in [-0.2, -0.15) is 0 Å². The molecule has 0 saturated carbocycles. The maximum atomic E-state index is 5.80. The van der Waals surface area contributed by atoms with Crippen molar-refractivity contribution >= 4 is 0 Å². The molecule has 0 N–H and O–H groups in total. The summed E-state index contributed by atoms with van der Waals surface area (Å²) in [6.07, 6.45) is 0. The summed E-state index contributed by atoms with van der Waals surface area (Å²) < 4.78 is 11.6. The first-order valence-electron chi connectivity index (χ1n) is 7.93. The second kappa shape index (κ2) is 5.54. The van der Waals surface area contributed by atoms with Gasteiger partial charge in [-0.15, -0.1) is 20.4 Å². The van der Waals surface area contributed by atoms with E-state index in [9.17, 15) is 0 Å². The lowest BCUT2D eigenvalue weighted by atomic mass is 9.97. The SMILES string of the molecule is CC(C)(C)c1nnc(-c2cccc(-c3nnc(C(C)(C)C)o3)c2)o1. The highest BCUT2D eigenvalue weighted by molar-refractivity contribution is 5.64. The molecule has 0 unspecified atom stereocenters. The summed E-state index contributed by atoms with van der Waals surface area (Å²) in [5.41, 5.74) is 1.28. The minimum atomic E-state index is -0.184. The first-order chi connectivity index (χ1) is 11.1. The van der Waals surface area contributed by atoms with Crippen molar-refractivity contribution in [1.82, 2.24) is 20.4 Å². The Labute approximate surface area is 141 Å². The summed E-state index contributed by atoms with van der Waals surface area (Å²) in [6.45, 7) is 12.2. The van der Waals surface area contributed by atoms with Gasteiger partial charge in [-0.05, 0) is 18.2 Å². The third kappa shape index (κ3) is 3.22. The molecule has 0 fully saturated rings. The highest BCUT2D eigenvalue weighted by Gasteiger charge is 2.23. The van der Waals surface area contributed by atoms with E-state index in [2.05, 4.69) is 20.4 Å². The Kier molecular flexibility index (Phi) is 3.78. The number of aromatic nitrogens is 4. The lowest BCUT2D eigenvalue weighted by Crippen LogP contribution is -2.11. The van der Waals surface area contributed by atoms with Gasteiger partial charge in [-0.1, -0.05) is 47.6 Å². The molecular formula is C18H22N4O2. The molecule has 0 spiro atoms. The van der Waals surface area contributed by atoms with Crippen molar-refractivity contribution in [3.63, 3.8) is 0 Å². The Morgan fingerprint density at radius 3 is 1.42 bits per heavy atom. The van der Waals surface area contributed by atoms with Crippen LogP contribution < -0.4 is 0 Å². The van der Waals surface area contributed by atoms with E-state index in [0.717, 1.165) is 11.1 Å². The maximum Gasteiger partial charge on any atom is 0.247 e. The fourth-order valence-electron chi connectivity index (χ4n) is 2.07. The van der Waals surface area contributed by atoms with Crippen LogP contribution in [-0.4, -0.2) is 20.4 Å². The van der Waals surface area contributed by atoms with E-state index >= 15 is 0 Å². The molecule has 126 valence electrons. The Bertz CT molecular complexity index is 783. The second-order valence-corrected chi connectivity index (χ2v) is 7.91. The van der Waals surface area contributed by atoms with Crippen LogP contribution in [0.4, 0.5) is 0 Å². The number of nitrogens with zero attached hydrogens (tertiary/aromatic N) is 4. The zero-order valence-corrected chi connectivity index (χ0v) is 14.9. The van der Waals surface area contributed by atoms with E-state index in [1.165, 1.54) is 0 Å². The Hall–Kier alpha value is -2.50. The van der Waals surface area contributed by atoms with Crippen LogP contribution in [0.1, 0.15) is 53.3 Å². The Morgan fingerprint density at radius 1 is 0.667 bits per heavy atom. The number of hydrogen-bond acceptors (Lipinski definition) is 6. The smallest absolute Gasteiger partial charge is 0.247 e. The minimum Gasteiger partial charge on any atom is -0.420 e. The second-order valence-electron chi connectivity index (χ2n) is 7.91. The zero-order chi connectivity index (χ0) is 17.5. The van der Waals surface area contributed by atoms with Crippen LogP contribution in [0.5, 0.6) is 0 Å². The summed E-state index contributed by atoms with van der Waals surface area (Å²) >= 11 is 0. The topological polar surface area (TPSA) is 77.8 Å². The highest BCUT2D eigenvalue weighted by atomic mass is 16.4. The maximum absolute atomic E-state index is 5.80. The minimum absolute atomic E-state index is 0.184.